The van der Waals surface area contributed by atoms with E-state index in [4.69, 9.17) is 4.74 Å². The minimum absolute atomic E-state index is 0.0929. The monoisotopic (exact) mass is 366 g/mol. The summed E-state index contributed by atoms with van der Waals surface area (Å²) in [4.78, 5) is 26.8. The van der Waals surface area contributed by atoms with E-state index in [0.29, 0.717) is 25.1 Å². The molecule has 0 aromatic heterocycles. The lowest BCUT2D eigenvalue weighted by Gasteiger charge is -2.18. The number of ether oxygens (including phenoxy) is 1. The molecule has 1 atom stereocenters. The Hall–Kier alpha value is -2.82. The summed E-state index contributed by atoms with van der Waals surface area (Å²) in [6, 6.07) is 13.6. The Bertz CT molecular complexity index is 810. The zero-order chi connectivity index (χ0) is 19.4. The molecule has 27 heavy (non-hydrogen) atoms. The average Bonchev–Trinajstić information content (AvgIpc) is 2.99. The Morgan fingerprint density at radius 3 is 2.44 bits per heavy atom. The van der Waals surface area contributed by atoms with Crippen molar-refractivity contribution in [1.82, 2.24) is 10.2 Å². The van der Waals surface area contributed by atoms with Crippen LogP contribution in [0.2, 0.25) is 0 Å². The fraction of sp³-hybridized carbons (Fsp3) is 0.364. The quantitative estimate of drug-likeness (QED) is 0.855. The Kier molecular flexibility index (Phi) is 5.79. The summed E-state index contributed by atoms with van der Waals surface area (Å²) < 4.78 is 5.16. The molecule has 2 aromatic rings. The number of aryl methyl sites for hydroxylation is 2. The second-order valence-electron chi connectivity index (χ2n) is 7.08. The maximum absolute atomic E-state index is 12.6. The number of rotatable bonds is 6. The number of likely N-dealkylation sites (tertiary alicyclic amines) is 1. The van der Waals surface area contributed by atoms with Crippen LogP contribution in [0.1, 0.15) is 33.5 Å². The molecular formula is C22H26N2O3. The predicted octanol–water partition coefficient (Wildman–Crippen LogP) is 2.89. The number of nitrogens with zero attached hydrogens (tertiary/aromatic N) is 1. The molecule has 5 heteroatoms. The molecule has 0 spiro atoms. The number of carbonyl (C=O) groups is 2. The zero-order valence-electron chi connectivity index (χ0n) is 16.1. The van der Waals surface area contributed by atoms with Crippen molar-refractivity contribution in [2.45, 2.75) is 32.7 Å². The number of methoxy groups -OCH3 is 1. The van der Waals surface area contributed by atoms with Crippen LogP contribution < -0.4 is 10.1 Å². The molecule has 0 aliphatic carbocycles. The van der Waals surface area contributed by atoms with Gasteiger partial charge in [-0.05, 0) is 49.1 Å². The molecule has 2 amide bonds. The summed E-state index contributed by atoms with van der Waals surface area (Å²) in [7, 11) is 1.64. The molecule has 1 unspecified atom stereocenters. The van der Waals surface area contributed by atoms with Gasteiger partial charge >= 0.3 is 0 Å². The molecule has 0 saturated carbocycles. The maximum atomic E-state index is 12.6. The first kappa shape index (κ1) is 19.0. The molecule has 0 radical (unpaired) electrons. The summed E-state index contributed by atoms with van der Waals surface area (Å²) in [5, 5.41) is 3.03. The second kappa shape index (κ2) is 8.25. The Labute approximate surface area is 160 Å². The van der Waals surface area contributed by atoms with Gasteiger partial charge in [0.05, 0.1) is 13.2 Å². The molecule has 1 N–H and O–H groups in total. The standard InChI is InChI=1S/C22H26N2O3/c1-15-5-4-6-16(2)21(15)22(26)23-18-13-20(25)24(14-18)12-11-17-7-9-19(27-3)10-8-17/h4-10,18H,11-14H2,1-3H3,(H,23,26). The highest BCUT2D eigenvalue weighted by Crippen LogP contribution is 2.17. The van der Waals surface area contributed by atoms with Gasteiger partial charge in [-0.25, -0.2) is 0 Å². The van der Waals surface area contributed by atoms with Crippen LogP contribution in [0.25, 0.3) is 0 Å². The van der Waals surface area contributed by atoms with Gasteiger partial charge in [0, 0.05) is 25.1 Å². The average molecular weight is 366 g/mol. The Morgan fingerprint density at radius 1 is 1.15 bits per heavy atom. The van der Waals surface area contributed by atoms with E-state index >= 15 is 0 Å². The third-order valence-corrected chi connectivity index (χ3v) is 5.09. The number of carbonyl (C=O) groups excluding carboxylic acids is 2. The highest BCUT2D eigenvalue weighted by Gasteiger charge is 2.30. The first-order valence-electron chi connectivity index (χ1n) is 9.25. The lowest BCUT2D eigenvalue weighted by Crippen LogP contribution is -2.38. The number of amides is 2. The number of hydrogen-bond donors (Lipinski definition) is 1. The highest BCUT2D eigenvalue weighted by atomic mass is 16.5. The van der Waals surface area contributed by atoms with Crippen molar-refractivity contribution in [3.8, 4) is 5.75 Å². The first-order chi connectivity index (χ1) is 13.0. The summed E-state index contributed by atoms with van der Waals surface area (Å²) in [5.41, 5.74) is 3.77. The van der Waals surface area contributed by atoms with Gasteiger partial charge in [0.15, 0.2) is 0 Å². The van der Waals surface area contributed by atoms with Gasteiger partial charge in [-0.3, -0.25) is 9.59 Å². The molecular weight excluding hydrogens is 340 g/mol. The number of hydrogen-bond acceptors (Lipinski definition) is 3. The molecule has 5 nitrogen and oxygen atoms in total. The van der Waals surface area contributed by atoms with E-state index < -0.39 is 0 Å². The minimum atomic E-state index is -0.139. The van der Waals surface area contributed by atoms with Crippen LogP contribution in [-0.2, 0) is 11.2 Å². The van der Waals surface area contributed by atoms with Gasteiger partial charge in [0.1, 0.15) is 5.75 Å². The van der Waals surface area contributed by atoms with E-state index in [1.807, 2.05) is 61.2 Å². The predicted molar refractivity (Wildman–Crippen MR) is 105 cm³/mol. The Balaban J connectivity index is 1.56. The van der Waals surface area contributed by atoms with Crippen LogP contribution in [-0.4, -0.2) is 43.0 Å². The zero-order valence-corrected chi connectivity index (χ0v) is 16.1. The van der Waals surface area contributed by atoms with Gasteiger partial charge in [-0.2, -0.15) is 0 Å². The Morgan fingerprint density at radius 2 is 1.81 bits per heavy atom. The van der Waals surface area contributed by atoms with Gasteiger partial charge in [0.25, 0.3) is 5.91 Å². The van der Waals surface area contributed by atoms with Crippen LogP contribution in [0.4, 0.5) is 0 Å². The molecule has 1 aliphatic heterocycles. The smallest absolute Gasteiger partial charge is 0.252 e. The van der Waals surface area contributed by atoms with Crippen molar-refractivity contribution < 1.29 is 14.3 Å². The lowest BCUT2D eigenvalue weighted by molar-refractivity contribution is -0.127. The van der Waals surface area contributed by atoms with Crippen LogP contribution in [0.15, 0.2) is 42.5 Å². The molecule has 3 rings (SSSR count). The normalized spacial score (nSPS) is 16.5. The summed E-state index contributed by atoms with van der Waals surface area (Å²) >= 11 is 0. The van der Waals surface area contributed by atoms with Crippen molar-refractivity contribution in [2.75, 3.05) is 20.2 Å². The van der Waals surface area contributed by atoms with Crippen LogP contribution in [0.5, 0.6) is 5.75 Å². The molecule has 1 fully saturated rings. The van der Waals surface area contributed by atoms with Crippen LogP contribution in [0, 0.1) is 13.8 Å². The van der Waals surface area contributed by atoms with Crippen molar-refractivity contribution in [3.05, 3.63) is 64.7 Å². The summed E-state index contributed by atoms with van der Waals surface area (Å²) in [6.07, 6.45) is 1.15. The van der Waals surface area contributed by atoms with Gasteiger partial charge < -0.3 is 15.0 Å². The van der Waals surface area contributed by atoms with Crippen molar-refractivity contribution >= 4 is 11.8 Å². The fourth-order valence-corrected chi connectivity index (χ4v) is 3.57. The molecule has 1 aliphatic rings. The minimum Gasteiger partial charge on any atom is -0.497 e. The van der Waals surface area contributed by atoms with Crippen molar-refractivity contribution in [3.63, 3.8) is 0 Å². The molecule has 1 saturated heterocycles. The SMILES string of the molecule is COc1ccc(CCN2CC(NC(=O)c3c(C)cccc3C)CC2=O)cc1. The van der Waals surface area contributed by atoms with Gasteiger partial charge in [-0.1, -0.05) is 30.3 Å². The van der Waals surface area contributed by atoms with Crippen LogP contribution in [0.3, 0.4) is 0 Å². The van der Waals surface area contributed by atoms with Gasteiger partial charge in [-0.15, -0.1) is 0 Å². The maximum Gasteiger partial charge on any atom is 0.252 e. The van der Waals surface area contributed by atoms with Crippen molar-refractivity contribution in [2.24, 2.45) is 0 Å². The van der Waals surface area contributed by atoms with E-state index in [-0.39, 0.29) is 17.9 Å². The third-order valence-electron chi connectivity index (χ3n) is 5.09. The van der Waals surface area contributed by atoms with E-state index in [0.717, 1.165) is 28.9 Å². The summed E-state index contributed by atoms with van der Waals surface area (Å²) in [5.74, 6) is 0.820. The first-order valence-corrected chi connectivity index (χ1v) is 9.25. The van der Waals surface area contributed by atoms with Crippen molar-refractivity contribution in [1.29, 1.82) is 0 Å². The largest absolute Gasteiger partial charge is 0.497 e. The second-order valence-corrected chi connectivity index (χ2v) is 7.08. The lowest BCUT2D eigenvalue weighted by atomic mass is 10.0. The van der Waals surface area contributed by atoms with Gasteiger partial charge in [0.2, 0.25) is 5.91 Å². The molecule has 2 aromatic carbocycles. The van der Waals surface area contributed by atoms with E-state index in [2.05, 4.69) is 5.32 Å². The topological polar surface area (TPSA) is 58.6 Å². The third kappa shape index (κ3) is 4.48. The van der Waals surface area contributed by atoms with E-state index in [9.17, 15) is 9.59 Å². The molecule has 1 heterocycles. The summed E-state index contributed by atoms with van der Waals surface area (Å²) in [6.45, 7) is 5.08. The van der Waals surface area contributed by atoms with E-state index in [1.165, 1.54) is 0 Å². The molecule has 0 bridgehead atoms. The fourth-order valence-electron chi connectivity index (χ4n) is 3.57. The van der Waals surface area contributed by atoms with Crippen LogP contribution >= 0.6 is 0 Å². The highest BCUT2D eigenvalue weighted by molar-refractivity contribution is 5.97. The number of benzene rings is 2. The number of nitrogens with one attached hydrogen (secondary N) is 1. The van der Waals surface area contributed by atoms with E-state index in [1.54, 1.807) is 7.11 Å². The molecule has 142 valence electrons.